The lowest BCUT2D eigenvalue weighted by atomic mass is 10.0. The lowest BCUT2D eigenvalue weighted by Crippen LogP contribution is -2.07. The molecule has 178 valence electrons. The van der Waals surface area contributed by atoms with Gasteiger partial charge in [-0.2, -0.15) is 0 Å². The molecule has 0 bridgehead atoms. The fourth-order valence-electron chi connectivity index (χ4n) is 4.17. The van der Waals surface area contributed by atoms with Gasteiger partial charge in [-0.1, -0.05) is 136 Å². The average Bonchev–Trinajstić information content (AvgIpc) is 2.73. The molecule has 0 saturated heterocycles. The summed E-state index contributed by atoms with van der Waals surface area (Å²) in [4.78, 5) is 23.4. The minimum Gasteiger partial charge on any atom is -0.299 e. The topological polar surface area (TPSA) is 34.1 Å². The van der Waals surface area contributed by atoms with Gasteiger partial charge in [0.1, 0.15) is 11.6 Å². The number of ketones is 2. The molecule has 0 fully saturated rings. The van der Waals surface area contributed by atoms with Crippen molar-refractivity contribution in [3.8, 4) is 0 Å². The fourth-order valence-corrected chi connectivity index (χ4v) is 4.17. The maximum absolute atomic E-state index is 11.8. The summed E-state index contributed by atoms with van der Waals surface area (Å²) in [6.45, 7) is 4.36. The molecule has 30 heavy (non-hydrogen) atoms. The summed E-state index contributed by atoms with van der Waals surface area (Å²) in [7, 11) is 0. The second kappa shape index (κ2) is 24.6. The van der Waals surface area contributed by atoms with Crippen molar-refractivity contribution in [2.45, 2.75) is 168 Å². The van der Waals surface area contributed by atoms with Crippen LogP contribution < -0.4 is 0 Å². The van der Waals surface area contributed by atoms with Gasteiger partial charge in [0.15, 0.2) is 0 Å². The number of rotatable bonds is 25. The Morgan fingerprint density at radius 3 is 0.967 bits per heavy atom. The molecular formula is C28H54O2. The van der Waals surface area contributed by atoms with Crippen LogP contribution in [0.2, 0.25) is 0 Å². The zero-order chi connectivity index (χ0) is 22.1. The van der Waals surface area contributed by atoms with Crippen LogP contribution in [-0.4, -0.2) is 11.6 Å². The van der Waals surface area contributed by atoms with Crippen molar-refractivity contribution < 1.29 is 9.59 Å². The van der Waals surface area contributed by atoms with Gasteiger partial charge in [0, 0.05) is 12.8 Å². The average molecular weight is 423 g/mol. The van der Waals surface area contributed by atoms with E-state index >= 15 is 0 Å². The van der Waals surface area contributed by atoms with E-state index in [0.717, 1.165) is 25.7 Å². The van der Waals surface area contributed by atoms with Crippen LogP contribution in [0.5, 0.6) is 0 Å². The lowest BCUT2D eigenvalue weighted by Gasteiger charge is -2.04. The molecule has 0 aromatic heterocycles. The quantitative estimate of drug-likeness (QED) is 0.108. The number of hydrogen-bond acceptors (Lipinski definition) is 2. The Kier molecular flexibility index (Phi) is 24.1. The molecule has 0 aliphatic rings. The van der Waals surface area contributed by atoms with E-state index in [-0.39, 0.29) is 18.0 Å². The summed E-state index contributed by atoms with van der Waals surface area (Å²) in [5.41, 5.74) is 0. The van der Waals surface area contributed by atoms with Gasteiger partial charge in [-0.05, 0) is 12.8 Å². The van der Waals surface area contributed by atoms with Crippen molar-refractivity contribution >= 4 is 11.6 Å². The Labute approximate surface area is 189 Å². The largest absolute Gasteiger partial charge is 0.299 e. The van der Waals surface area contributed by atoms with Crippen molar-refractivity contribution in [1.29, 1.82) is 0 Å². The van der Waals surface area contributed by atoms with Crippen molar-refractivity contribution in [3.63, 3.8) is 0 Å². The summed E-state index contributed by atoms with van der Waals surface area (Å²) in [5.74, 6) is 0.294. The highest BCUT2D eigenvalue weighted by Crippen LogP contribution is 2.15. The van der Waals surface area contributed by atoms with Gasteiger partial charge in [0.05, 0.1) is 6.42 Å². The summed E-state index contributed by atoms with van der Waals surface area (Å²) in [5, 5.41) is 0. The van der Waals surface area contributed by atoms with E-state index in [4.69, 9.17) is 0 Å². The van der Waals surface area contributed by atoms with Crippen LogP contribution in [0.25, 0.3) is 0 Å². The third-order valence-corrected chi connectivity index (χ3v) is 6.26. The molecule has 0 rings (SSSR count). The number of Topliss-reactive ketones (excluding diaryl/α,β-unsaturated/α-hetero) is 2. The third kappa shape index (κ3) is 23.6. The molecule has 0 N–H and O–H groups in total. The van der Waals surface area contributed by atoms with Crippen LogP contribution >= 0.6 is 0 Å². The van der Waals surface area contributed by atoms with Gasteiger partial charge in [-0.15, -0.1) is 0 Å². The SMILES string of the molecule is CCCCCCCCCCCCCCCCCCCCCC(=O)CC(=O)CCCC. The molecule has 0 heterocycles. The van der Waals surface area contributed by atoms with E-state index < -0.39 is 0 Å². The normalized spacial score (nSPS) is 11.1. The Morgan fingerprint density at radius 1 is 0.367 bits per heavy atom. The molecule has 0 saturated carbocycles. The fraction of sp³-hybridized carbons (Fsp3) is 0.929. The summed E-state index contributed by atoms with van der Waals surface area (Å²) in [6.07, 6.45) is 29.3. The second-order valence-corrected chi connectivity index (χ2v) is 9.47. The molecule has 2 nitrogen and oxygen atoms in total. The Hall–Kier alpha value is -0.660. The van der Waals surface area contributed by atoms with E-state index in [2.05, 4.69) is 13.8 Å². The number of hydrogen-bond donors (Lipinski definition) is 0. The van der Waals surface area contributed by atoms with E-state index in [1.54, 1.807) is 0 Å². The second-order valence-electron chi connectivity index (χ2n) is 9.47. The smallest absolute Gasteiger partial charge is 0.140 e. The Balaban J connectivity index is 3.16. The lowest BCUT2D eigenvalue weighted by molar-refractivity contribution is -0.127. The van der Waals surface area contributed by atoms with Gasteiger partial charge in [-0.25, -0.2) is 0 Å². The molecule has 2 heteroatoms. The number of unbranched alkanes of at least 4 members (excludes halogenated alkanes) is 19. The predicted molar refractivity (Wildman–Crippen MR) is 132 cm³/mol. The van der Waals surface area contributed by atoms with Crippen molar-refractivity contribution in [2.24, 2.45) is 0 Å². The standard InChI is InChI=1S/C28H54O2/c1-3-5-7-8-9-10-11-12-13-14-15-16-17-18-19-20-21-22-23-25-28(30)26-27(29)24-6-4-2/h3-26H2,1-2H3. The van der Waals surface area contributed by atoms with E-state index in [1.165, 1.54) is 109 Å². The van der Waals surface area contributed by atoms with Crippen LogP contribution in [0.4, 0.5) is 0 Å². The molecule has 0 aromatic rings. The van der Waals surface area contributed by atoms with Crippen LogP contribution in [-0.2, 0) is 9.59 Å². The highest BCUT2D eigenvalue weighted by molar-refractivity contribution is 5.98. The molecule has 0 unspecified atom stereocenters. The Bertz CT molecular complexity index is 375. The first-order valence-corrected chi connectivity index (χ1v) is 13.7. The first-order valence-electron chi connectivity index (χ1n) is 13.7. The minimum atomic E-state index is 0.139. The van der Waals surface area contributed by atoms with Crippen LogP contribution in [0.1, 0.15) is 168 Å². The van der Waals surface area contributed by atoms with Crippen molar-refractivity contribution in [3.05, 3.63) is 0 Å². The summed E-state index contributed by atoms with van der Waals surface area (Å²) in [6, 6.07) is 0. The van der Waals surface area contributed by atoms with Crippen LogP contribution in [0, 0.1) is 0 Å². The molecule has 0 aliphatic heterocycles. The number of carbonyl (C=O) groups excluding carboxylic acids is 2. The summed E-state index contributed by atoms with van der Waals surface area (Å²) >= 11 is 0. The van der Waals surface area contributed by atoms with Crippen LogP contribution in [0.3, 0.4) is 0 Å². The monoisotopic (exact) mass is 422 g/mol. The molecule has 0 amide bonds. The third-order valence-electron chi connectivity index (χ3n) is 6.26. The highest BCUT2D eigenvalue weighted by atomic mass is 16.1. The van der Waals surface area contributed by atoms with Crippen LogP contribution in [0.15, 0.2) is 0 Å². The maximum Gasteiger partial charge on any atom is 0.140 e. The first-order chi connectivity index (χ1) is 14.7. The highest BCUT2D eigenvalue weighted by Gasteiger charge is 2.08. The van der Waals surface area contributed by atoms with Gasteiger partial charge in [-0.3, -0.25) is 9.59 Å². The number of carbonyl (C=O) groups is 2. The maximum atomic E-state index is 11.8. The van der Waals surface area contributed by atoms with E-state index in [1.807, 2.05) is 0 Å². The minimum absolute atomic E-state index is 0.139. The molecule has 0 aromatic carbocycles. The molecule has 0 aliphatic carbocycles. The van der Waals surface area contributed by atoms with Gasteiger partial charge >= 0.3 is 0 Å². The molecule has 0 atom stereocenters. The van der Waals surface area contributed by atoms with Crippen molar-refractivity contribution in [2.75, 3.05) is 0 Å². The van der Waals surface area contributed by atoms with E-state index in [9.17, 15) is 9.59 Å². The predicted octanol–water partition coefficient (Wildman–Crippen LogP) is 9.53. The first kappa shape index (κ1) is 29.3. The molecule has 0 radical (unpaired) electrons. The summed E-state index contributed by atoms with van der Waals surface area (Å²) < 4.78 is 0. The molecular weight excluding hydrogens is 368 g/mol. The van der Waals surface area contributed by atoms with E-state index in [0.29, 0.717) is 12.8 Å². The molecule has 0 spiro atoms. The zero-order valence-corrected chi connectivity index (χ0v) is 20.8. The van der Waals surface area contributed by atoms with Gasteiger partial charge in [0.25, 0.3) is 0 Å². The zero-order valence-electron chi connectivity index (χ0n) is 20.8. The Morgan fingerprint density at radius 2 is 0.633 bits per heavy atom. The van der Waals surface area contributed by atoms with Gasteiger partial charge < -0.3 is 0 Å². The van der Waals surface area contributed by atoms with Crippen molar-refractivity contribution in [1.82, 2.24) is 0 Å². The van der Waals surface area contributed by atoms with Gasteiger partial charge in [0.2, 0.25) is 0 Å².